The van der Waals surface area contributed by atoms with Gasteiger partial charge in [0.15, 0.2) is 0 Å². The molecule has 1 heterocycles. The highest BCUT2D eigenvalue weighted by Gasteiger charge is 2.42. The normalized spacial score (nSPS) is 25.9. The van der Waals surface area contributed by atoms with E-state index in [9.17, 15) is 0 Å². The predicted molar refractivity (Wildman–Crippen MR) is 72.7 cm³/mol. The number of hydrogen-bond donors (Lipinski definition) is 1. The molecular weight excluding hydrogens is 194 g/mol. The topological polar surface area (TPSA) is 12.0 Å². The molecule has 94 valence electrons. The van der Waals surface area contributed by atoms with Gasteiger partial charge in [-0.1, -0.05) is 39.7 Å². The van der Waals surface area contributed by atoms with Crippen LogP contribution in [0.25, 0.3) is 0 Å². The van der Waals surface area contributed by atoms with Crippen LogP contribution in [0, 0.1) is 5.41 Å². The van der Waals surface area contributed by atoms with Crippen LogP contribution in [-0.4, -0.2) is 12.1 Å². The smallest absolute Gasteiger partial charge is 0.0230 e. The summed E-state index contributed by atoms with van der Waals surface area (Å²) in [5.41, 5.74) is 0.795. The van der Waals surface area contributed by atoms with Crippen LogP contribution in [0.2, 0.25) is 0 Å². The van der Waals surface area contributed by atoms with E-state index in [0.717, 1.165) is 0 Å². The average molecular weight is 223 g/mol. The van der Waals surface area contributed by atoms with Crippen molar-refractivity contribution in [1.82, 2.24) is 5.32 Å². The summed E-state index contributed by atoms with van der Waals surface area (Å²) in [6.07, 6.45) is 11.3. The molecular formula is C15H29N. The van der Waals surface area contributed by atoms with Crippen LogP contribution in [-0.2, 0) is 0 Å². The maximum Gasteiger partial charge on any atom is 0.0230 e. The van der Waals surface area contributed by atoms with Crippen LogP contribution in [0.4, 0.5) is 0 Å². The molecule has 1 aliphatic heterocycles. The highest BCUT2D eigenvalue weighted by atomic mass is 15.0. The number of hydrogen-bond acceptors (Lipinski definition) is 1. The van der Waals surface area contributed by atoms with Crippen molar-refractivity contribution in [3.63, 3.8) is 0 Å². The first-order valence-electron chi connectivity index (χ1n) is 6.88. The van der Waals surface area contributed by atoms with Crippen molar-refractivity contribution < 1.29 is 0 Å². The maximum atomic E-state index is 3.78. The van der Waals surface area contributed by atoms with Crippen LogP contribution in [0.5, 0.6) is 0 Å². The first kappa shape index (κ1) is 13.8. The lowest BCUT2D eigenvalue weighted by molar-refractivity contribution is 0.144. The van der Waals surface area contributed by atoms with Crippen molar-refractivity contribution in [3.05, 3.63) is 12.7 Å². The molecule has 1 rings (SSSR count). The van der Waals surface area contributed by atoms with Gasteiger partial charge in [-0.15, -0.1) is 6.58 Å². The Labute approximate surface area is 102 Å². The molecule has 0 aliphatic carbocycles. The molecule has 16 heavy (non-hydrogen) atoms. The molecule has 0 spiro atoms. The van der Waals surface area contributed by atoms with Gasteiger partial charge in [-0.25, -0.2) is 0 Å². The Morgan fingerprint density at radius 1 is 1.25 bits per heavy atom. The molecule has 0 saturated carbocycles. The summed E-state index contributed by atoms with van der Waals surface area (Å²) in [5.74, 6) is 0. The van der Waals surface area contributed by atoms with Crippen LogP contribution in [0.1, 0.15) is 65.7 Å². The zero-order chi connectivity index (χ0) is 12.1. The lowest BCUT2D eigenvalue weighted by Gasteiger charge is -2.42. The Morgan fingerprint density at radius 3 is 2.50 bits per heavy atom. The van der Waals surface area contributed by atoms with E-state index in [4.69, 9.17) is 0 Å². The van der Waals surface area contributed by atoms with Gasteiger partial charge in [0.25, 0.3) is 0 Å². The molecule has 0 aromatic rings. The highest BCUT2D eigenvalue weighted by molar-refractivity contribution is 5.01. The van der Waals surface area contributed by atoms with Crippen molar-refractivity contribution in [2.24, 2.45) is 5.41 Å². The first-order chi connectivity index (χ1) is 7.52. The van der Waals surface area contributed by atoms with E-state index in [2.05, 4.69) is 32.7 Å². The Bertz CT molecular complexity index is 206. The van der Waals surface area contributed by atoms with E-state index >= 15 is 0 Å². The minimum Gasteiger partial charge on any atom is -0.311 e. The SMILES string of the molecule is C=CCCCCCC1(C(C)(C)C)CCCN1. The summed E-state index contributed by atoms with van der Waals surface area (Å²) in [7, 11) is 0. The predicted octanol–water partition coefficient (Wildman–Crippen LogP) is 4.29. The van der Waals surface area contributed by atoms with Crippen molar-refractivity contribution >= 4 is 0 Å². The Morgan fingerprint density at radius 2 is 2.00 bits per heavy atom. The first-order valence-corrected chi connectivity index (χ1v) is 6.88. The molecule has 1 N–H and O–H groups in total. The minimum atomic E-state index is 0.391. The minimum absolute atomic E-state index is 0.391. The molecule has 1 heteroatoms. The van der Waals surface area contributed by atoms with Crippen LogP contribution >= 0.6 is 0 Å². The molecule has 1 atom stereocenters. The van der Waals surface area contributed by atoms with Crippen LogP contribution in [0.3, 0.4) is 0 Å². The second-order valence-corrected chi connectivity index (χ2v) is 6.25. The maximum absolute atomic E-state index is 3.78. The van der Waals surface area contributed by atoms with E-state index in [1.165, 1.54) is 51.5 Å². The highest BCUT2D eigenvalue weighted by Crippen LogP contribution is 2.41. The molecule has 1 nitrogen and oxygen atoms in total. The van der Waals surface area contributed by atoms with Gasteiger partial charge < -0.3 is 5.32 Å². The fourth-order valence-corrected chi connectivity index (χ4v) is 2.93. The van der Waals surface area contributed by atoms with Gasteiger partial charge in [-0.2, -0.15) is 0 Å². The summed E-state index contributed by atoms with van der Waals surface area (Å²) < 4.78 is 0. The van der Waals surface area contributed by atoms with Crippen LogP contribution < -0.4 is 5.32 Å². The van der Waals surface area contributed by atoms with Crippen molar-refractivity contribution in [2.45, 2.75) is 71.3 Å². The third-order valence-electron chi connectivity index (χ3n) is 4.19. The zero-order valence-electron chi connectivity index (χ0n) is 11.4. The summed E-state index contributed by atoms with van der Waals surface area (Å²) in [6, 6.07) is 0. The third-order valence-corrected chi connectivity index (χ3v) is 4.19. The van der Waals surface area contributed by atoms with Crippen molar-refractivity contribution in [1.29, 1.82) is 0 Å². The Hall–Kier alpha value is -0.300. The van der Waals surface area contributed by atoms with Gasteiger partial charge in [-0.3, -0.25) is 0 Å². The largest absolute Gasteiger partial charge is 0.311 e. The van der Waals surface area contributed by atoms with E-state index in [1.807, 2.05) is 6.08 Å². The molecule has 0 bridgehead atoms. The molecule has 1 saturated heterocycles. The van der Waals surface area contributed by atoms with Crippen molar-refractivity contribution in [3.8, 4) is 0 Å². The van der Waals surface area contributed by atoms with Crippen molar-refractivity contribution in [2.75, 3.05) is 6.54 Å². The van der Waals surface area contributed by atoms with E-state index in [1.54, 1.807) is 0 Å². The van der Waals surface area contributed by atoms with Crippen LogP contribution in [0.15, 0.2) is 12.7 Å². The average Bonchev–Trinajstić information content (AvgIpc) is 2.66. The summed E-state index contributed by atoms with van der Waals surface area (Å²) >= 11 is 0. The fourth-order valence-electron chi connectivity index (χ4n) is 2.93. The lowest BCUT2D eigenvalue weighted by Crippen LogP contribution is -2.50. The number of rotatable bonds is 6. The van der Waals surface area contributed by atoms with Gasteiger partial charge in [0.1, 0.15) is 0 Å². The van der Waals surface area contributed by atoms with Gasteiger partial charge in [0, 0.05) is 5.54 Å². The van der Waals surface area contributed by atoms with Gasteiger partial charge >= 0.3 is 0 Å². The number of allylic oxidation sites excluding steroid dienone is 1. The number of nitrogens with one attached hydrogen (secondary N) is 1. The summed E-state index contributed by atoms with van der Waals surface area (Å²) in [5, 5.41) is 3.78. The zero-order valence-corrected chi connectivity index (χ0v) is 11.4. The van der Waals surface area contributed by atoms with E-state index in [-0.39, 0.29) is 0 Å². The summed E-state index contributed by atoms with van der Waals surface area (Å²) in [4.78, 5) is 0. The molecule has 1 fully saturated rings. The fraction of sp³-hybridized carbons (Fsp3) is 0.867. The third kappa shape index (κ3) is 3.35. The van der Waals surface area contributed by atoms with E-state index < -0.39 is 0 Å². The standard InChI is InChI=1S/C15H29N/c1-5-6-7-8-9-11-15(14(2,3)4)12-10-13-16-15/h5,16H,1,6-13H2,2-4H3. The monoisotopic (exact) mass is 223 g/mol. The van der Waals surface area contributed by atoms with E-state index in [0.29, 0.717) is 11.0 Å². The second-order valence-electron chi connectivity index (χ2n) is 6.25. The number of unbranched alkanes of at least 4 members (excludes halogenated alkanes) is 3. The van der Waals surface area contributed by atoms with Gasteiger partial charge in [0.05, 0.1) is 0 Å². The van der Waals surface area contributed by atoms with Gasteiger partial charge in [0.2, 0.25) is 0 Å². The second kappa shape index (κ2) is 5.86. The Balaban J connectivity index is 2.37. The molecule has 0 radical (unpaired) electrons. The molecule has 0 aromatic carbocycles. The molecule has 1 aliphatic rings. The summed E-state index contributed by atoms with van der Waals surface area (Å²) in [6.45, 7) is 12.1. The van der Waals surface area contributed by atoms with Gasteiger partial charge in [-0.05, 0) is 44.1 Å². The molecule has 1 unspecified atom stereocenters. The molecule has 0 amide bonds. The Kier molecular flexibility index (Phi) is 5.04. The molecule has 0 aromatic heterocycles. The lowest BCUT2D eigenvalue weighted by atomic mass is 9.70. The quantitative estimate of drug-likeness (QED) is 0.523.